The molecule has 0 heterocycles. The van der Waals surface area contributed by atoms with E-state index in [1.54, 1.807) is 12.1 Å². The van der Waals surface area contributed by atoms with Crippen LogP contribution in [0.5, 0.6) is 0 Å². The van der Waals surface area contributed by atoms with Gasteiger partial charge in [0, 0.05) is 4.90 Å². The molecule has 1 saturated carbocycles. The van der Waals surface area contributed by atoms with E-state index in [1.165, 1.54) is 11.8 Å². The van der Waals surface area contributed by atoms with Crippen molar-refractivity contribution in [3.05, 3.63) is 28.8 Å². The van der Waals surface area contributed by atoms with Crippen molar-refractivity contribution >= 4 is 35.3 Å². The van der Waals surface area contributed by atoms with Gasteiger partial charge in [0.25, 0.3) is 0 Å². The van der Waals surface area contributed by atoms with E-state index in [4.69, 9.17) is 21.1 Å². The van der Waals surface area contributed by atoms with Gasteiger partial charge in [-0.05, 0) is 55.1 Å². The van der Waals surface area contributed by atoms with Crippen LogP contribution in [0, 0.1) is 17.8 Å². The van der Waals surface area contributed by atoms with Crippen LogP contribution in [-0.4, -0.2) is 30.9 Å². The highest BCUT2D eigenvalue weighted by atomic mass is 35.5. The first kappa shape index (κ1) is 21.1. The van der Waals surface area contributed by atoms with Crippen LogP contribution in [0.3, 0.4) is 0 Å². The van der Waals surface area contributed by atoms with Gasteiger partial charge in [-0.1, -0.05) is 38.8 Å². The van der Waals surface area contributed by atoms with Gasteiger partial charge >= 0.3 is 11.9 Å². The SMILES string of the molecule is CSc1ccc(Cl)c(C(=O)OCC(=O)O[C@@H]2C[C@@H](C)CC[C@H]2C(C)C)c1. The van der Waals surface area contributed by atoms with Crippen molar-refractivity contribution < 1.29 is 19.1 Å². The molecule has 3 atom stereocenters. The summed E-state index contributed by atoms with van der Waals surface area (Å²) in [6, 6.07) is 5.14. The average molecular weight is 399 g/mol. The maximum atomic E-state index is 12.2. The van der Waals surface area contributed by atoms with Crippen molar-refractivity contribution in [2.24, 2.45) is 17.8 Å². The fourth-order valence-corrected chi connectivity index (χ4v) is 4.08. The number of hydrogen-bond donors (Lipinski definition) is 0. The van der Waals surface area contributed by atoms with Crippen LogP contribution >= 0.6 is 23.4 Å². The lowest BCUT2D eigenvalue weighted by molar-refractivity contribution is -0.159. The number of halogens is 1. The van der Waals surface area contributed by atoms with Gasteiger partial charge in [-0.2, -0.15) is 0 Å². The third kappa shape index (κ3) is 5.65. The van der Waals surface area contributed by atoms with Gasteiger partial charge in [0.2, 0.25) is 0 Å². The molecule has 1 aliphatic rings. The number of thioether (sulfide) groups is 1. The first-order valence-corrected chi connectivity index (χ1v) is 10.6. The summed E-state index contributed by atoms with van der Waals surface area (Å²) in [6.07, 6.45) is 4.90. The predicted octanol–water partition coefficient (Wildman–Crippen LogP) is 5.22. The summed E-state index contributed by atoms with van der Waals surface area (Å²) in [5, 5.41) is 0.308. The van der Waals surface area contributed by atoms with Gasteiger partial charge in [-0.15, -0.1) is 11.8 Å². The molecule has 0 saturated heterocycles. The number of ether oxygens (including phenoxy) is 2. The second-order valence-electron chi connectivity index (χ2n) is 7.28. The number of carbonyl (C=O) groups excluding carboxylic acids is 2. The minimum atomic E-state index is -0.611. The first-order valence-electron chi connectivity index (χ1n) is 9.02. The van der Waals surface area contributed by atoms with Gasteiger partial charge < -0.3 is 9.47 Å². The molecule has 144 valence electrons. The van der Waals surface area contributed by atoms with E-state index in [0.717, 1.165) is 24.2 Å². The Morgan fingerprint density at radius 1 is 1.31 bits per heavy atom. The summed E-state index contributed by atoms with van der Waals surface area (Å²) < 4.78 is 10.8. The Morgan fingerprint density at radius 2 is 2.04 bits per heavy atom. The number of esters is 2. The van der Waals surface area contributed by atoms with Gasteiger partial charge in [0.15, 0.2) is 6.61 Å². The van der Waals surface area contributed by atoms with Crippen LogP contribution in [0.1, 0.15) is 50.4 Å². The minimum Gasteiger partial charge on any atom is -0.460 e. The summed E-state index contributed by atoms with van der Waals surface area (Å²) in [5.41, 5.74) is 0.262. The fourth-order valence-electron chi connectivity index (χ4n) is 3.44. The smallest absolute Gasteiger partial charge is 0.344 e. The summed E-state index contributed by atoms with van der Waals surface area (Å²) in [5.74, 6) is 0.244. The Morgan fingerprint density at radius 3 is 2.69 bits per heavy atom. The van der Waals surface area contributed by atoms with Crippen LogP contribution in [0.2, 0.25) is 5.02 Å². The molecule has 0 bridgehead atoms. The van der Waals surface area contributed by atoms with E-state index < -0.39 is 18.5 Å². The zero-order chi connectivity index (χ0) is 19.3. The largest absolute Gasteiger partial charge is 0.460 e. The fraction of sp³-hybridized carbons (Fsp3) is 0.600. The number of hydrogen-bond acceptors (Lipinski definition) is 5. The van der Waals surface area contributed by atoms with E-state index in [2.05, 4.69) is 20.8 Å². The molecule has 0 amide bonds. The zero-order valence-electron chi connectivity index (χ0n) is 15.8. The summed E-state index contributed by atoms with van der Waals surface area (Å²) in [7, 11) is 0. The second kappa shape index (κ2) is 9.65. The molecule has 1 aromatic carbocycles. The molecule has 0 aromatic heterocycles. The predicted molar refractivity (Wildman–Crippen MR) is 105 cm³/mol. The van der Waals surface area contributed by atoms with Crippen molar-refractivity contribution in [3.8, 4) is 0 Å². The lowest BCUT2D eigenvalue weighted by Crippen LogP contribution is -2.36. The van der Waals surface area contributed by atoms with E-state index in [9.17, 15) is 9.59 Å². The molecule has 1 aromatic rings. The van der Waals surface area contributed by atoms with E-state index in [0.29, 0.717) is 22.8 Å². The molecule has 0 unspecified atom stereocenters. The van der Waals surface area contributed by atoms with E-state index in [-0.39, 0.29) is 11.7 Å². The minimum absolute atomic E-state index is 0.103. The molecular formula is C20H27ClO4S. The van der Waals surface area contributed by atoms with Gasteiger partial charge in [0.05, 0.1) is 10.6 Å². The van der Waals surface area contributed by atoms with Gasteiger partial charge in [-0.25, -0.2) is 9.59 Å². The van der Waals surface area contributed by atoms with Gasteiger partial charge in [-0.3, -0.25) is 0 Å². The third-order valence-electron chi connectivity index (χ3n) is 4.96. The Labute approximate surface area is 165 Å². The summed E-state index contributed by atoms with van der Waals surface area (Å²) >= 11 is 7.56. The molecular weight excluding hydrogens is 372 g/mol. The Balaban J connectivity index is 1.92. The average Bonchev–Trinajstić information content (AvgIpc) is 2.60. The molecule has 0 spiro atoms. The number of rotatable bonds is 6. The van der Waals surface area contributed by atoms with Crippen molar-refractivity contribution in [3.63, 3.8) is 0 Å². The summed E-state index contributed by atoms with van der Waals surface area (Å²) in [6.45, 7) is 6.09. The molecule has 0 radical (unpaired) electrons. The van der Waals surface area contributed by atoms with E-state index >= 15 is 0 Å². The molecule has 6 heteroatoms. The van der Waals surface area contributed by atoms with Crippen LogP contribution in [0.25, 0.3) is 0 Å². The highest BCUT2D eigenvalue weighted by Gasteiger charge is 2.33. The van der Waals surface area contributed by atoms with Crippen LogP contribution in [0.4, 0.5) is 0 Å². The first-order chi connectivity index (χ1) is 12.3. The van der Waals surface area contributed by atoms with Crippen molar-refractivity contribution in [2.75, 3.05) is 12.9 Å². The Hall–Kier alpha value is -1.20. The Kier molecular flexibility index (Phi) is 7.84. The lowest BCUT2D eigenvalue weighted by Gasteiger charge is -2.36. The van der Waals surface area contributed by atoms with Crippen LogP contribution in [-0.2, 0) is 14.3 Å². The summed E-state index contributed by atoms with van der Waals surface area (Å²) in [4.78, 5) is 25.3. The lowest BCUT2D eigenvalue weighted by atomic mass is 9.75. The molecule has 1 aliphatic carbocycles. The van der Waals surface area contributed by atoms with Crippen LogP contribution < -0.4 is 0 Å². The monoisotopic (exact) mass is 398 g/mol. The molecule has 26 heavy (non-hydrogen) atoms. The standard InChI is InChI=1S/C20H27ClO4S/c1-12(2)15-7-5-13(3)9-18(15)25-19(22)11-24-20(23)16-10-14(26-4)6-8-17(16)21/h6,8,10,12-13,15,18H,5,7,9,11H2,1-4H3/t13-,15-,18+/m0/s1. The van der Waals surface area contributed by atoms with E-state index in [1.807, 2.05) is 12.3 Å². The van der Waals surface area contributed by atoms with Crippen LogP contribution in [0.15, 0.2) is 23.1 Å². The quantitative estimate of drug-likeness (QED) is 0.485. The highest BCUT2D eigenvalue weighted by molar-refractivity contribution is 7.98. The van der Waals surface area contributed by atoms with Crippen molar-refractivity contribution in [1.82, 2.24) is 0 Å². The van der Waals surface area contributed by atoms with Crippen molar-refractivity contribution in [2.45, 2.75) is 51.0 Å². The second-order valence-corrected chi connectivity index (χ2v) is 8.56. The molecule has 0 aliphatic heterocycles. The zero-order valence-corrected chi connectivity index (χ0v) is 17.4. The third-order valence-corrected chi connectivity index (χ3v) is 6.01. The van der Waals surface area contributed by atoms with Gasteiger partial charge in [0.1, 0.15) is 6.10 Å². The molecule has 2 rings (SSSR count). The Bertz CT molecular complexity index is 647. The topological polar surface area (TPSA) is 52.6 Å². The number of benzene rings is 1. The maximum absolute atomic E-state index is 12.2. The molecule has 1 fully saturated rings. The highest BCUT2D eigenvalue weighted by Crippen LogP contribution is 2.35. The van der Waals surface area contributed by atoms with Crippen molar-refractivity contribution in [1.29, 1.82) is 0 Å². The molecule has 0 N–H and O–H groups in total. The molecule has 4 nitrogen and oxygen atoms in total. The number of carbonyl (C=O) groups is 2. The maximum Gasteiger partial charge on any atom is 0.344 e. The normalized spacial score (nSPS) is 22.9.